The Hall–Kier alpha value is -0.910. The van der Waals surface area contributed by atoms with Crippen molar-refractivity contribution in [1.82, 2.24) is 9.80 Å². The van der Waals surface area contributed by atoms with Gasteiger partial charge in [-0.3, -0.25) is 4.79 Å². The second-order valence-electron chi connectivity index (χ2n) is 5.51. The molecule has 0 spiro atoms. The molecule has 2 atom stereocenters. The molecule has 1 aromatic rings. The van der Waals surface area contributed by atoms with E-state index in [1.807, 2.05) is 24.8 Å². The summed E-state index contributed by atoms with van der Waals surface area (Å²) in [6, 6.07) is 4.00. The molecule has 0 radical (unpaired) electrons. The maximum absolute atomic E-state index is 12.6. The van der Waals surface area contributed by atoms with Gasteiger partial charge in [-0.25, -0.2) is 0 Å². The summed E-state index contributed by atoms with van der Waals surface area (Å²) in [7, 11) is 0. The molecule has 0 aromatic carbocycles. The second-order valence-corrected chi connectivity index (χ2v) is 6.55. The maximum atomic E-state index is 12.6. The van der Waals surface area contributed by atoms with Crippen LogP contribution < -0.4 is 5.73 Å². The number of carbonyl (C=O) groups is 1. The average molecular weight is 311 g/mol. The van der Waals surface area contributed by atoms with Crippen molar-refractivity contribution < 1.29 is 4.79 Å². The molecular weight excluding hydrogens is 282 g/mol. The van der Waals surface area contributed by atoms with Crippen molar-refractivity contribution >= 4 is 17.2 Å². The molecule has 2 N–H and O–H groups in total. The molecule has 0 saturated heterocycles. The highest BCUT2D eigenvalue weighted by Gasteiger charge is 2.23. The molecule has 0 aliphatic heterocycles. The Bertz CT molecular complexity index is 402. The zero-order valence-electron chi connectivity index (χ0n) is 13.7. The fourth-order valence-electron chi connectivity index (χ4n) is 2.17. The van der Waals surface area contributed by atoms with Gasteiger partial charge < -0.3 is 15.5 Å². The molecule has 0 fully saturated rings. The lowest BCUT2D eigenvalue weighted by Gasteiger charge is -2.29. The average Bonchev–Trinajstić information content (AvgIpc) is 2.98. The van der Waals surface area contributed by atoms with Gasteiger partial charge in [0.05, 0.1) is 12.5 Å². The van der Waals surface area contributed by atoms with E-state index >= 15 is 0 Å². The van der Waals surface area contributed by atoms with Gasteiger partial charge in [0, 0.05) is 24.0 Å². The van der Waals surface area contributed by atoms with Gasteiger partial charge in [0.1, 0.15) is 0 Å². The predicted octanol–water partition coefficient (Wildman–Crippen LogP) is 2.40. The van der Waals surface area contributed by atoms with Gasteiger partial charge in [0.2, 0.25) is 5.91 Å². The van der Waals surface area contributed by atoms with Crippen LogP contribution in [0.3, 0.4) is 0 Å². The van der Waals surface area contributed by atoms with Crippen molar-refractivity contribution in [2.45, 2.75) is 40.3 Å². The molecule has 0 aliphatic rings. The van der Waals surface area contributed by atoms with E-state index in [0.717, 1.165) is 26.2 Å². The maximum Gasteiger partial charge on any atom is 0.227 e. The Morgan fingerprint density at radius 2 is 1.95 bits per heavy atom. The lowest BCUT2D eigenvalue weighted by atomic mass is 10.0. The van der Waals surface area contributed by atoms with E-state index in [4.69, 9.17) is 5.73 Å². The molecule has 21 heavy (non-hydrogen) atoms. The van der Waals surface area contributed by atoms with E-state index in [1.165, 1.54) is 4.88 Å². The summed E-state index contributed by atoms with van der Waals surface area (Å²) in [6.07, 6.45) is 0. The summed E-state index contributed by atoms with van der Waals surface area (Å²) >= 11 is 1.70. The summed E-state index contributed by atoms with van der Waals surface area (Å²) in [5.41, 5.74) is 5.90. The molecule has 1 heterocycles. The molecule has 2 unspecified atom stereocenters. The van der Waals surface area contributed by atoms with Crippen LogP contribution >= 0.6 is 11.3 Å². The largest absolute Gasteiger partial charge is 0.336 e. The van der Waals surface area contributed by atoms with Crippen LogP contribution in [0.15, 0.2) is 17.5 Å². The first-order valence-electron chi connectivity index (χ1n) is 7.78. The minimum Gasteiger partial charge on any atom is -0.336 e. The highest BCUT2D eigenvalue weighted by molar-refractivity contribution is 7.09. The highest BCUT2D eigenvalue weighted by Crippen LogP contribution is 2.15. The molecule has 0 bridgehead atoms. The molecule has 1 amide bonds. The summed E-state index contributed by atoms with van der Waals surface area (Å²) in [4.78, 5) is 18.1. The van der Waals surface area contributed by atoms with E-state index in [0.29, 0.717) is 6.54 Å². The van der Waals surface area contributed by atoms with Gasteiger partial charge >= 0.3 is 0 Å². The molecule has 5 heteroatoms. The van der Waals surface area contributed by atoms with Crippen molar-refractivity contribution in [2.24, 2.45) is 11.7 Å². The molecule has 0 saturated carbocycles. The number of hydrogen-bond donors (Lipinski definition) is 1. The lowest BCUT2D eigenvalue weighted by Crippen LogP contribution is -2.44. The standard InChI is InChI=1S/C16H29N3OS/c1-5-18(6-2)9-10-19(12-15-8-7-11-21-15)16(20)13(3)14(4)17/h7-8,11,13-14H,5-6,9-10,12,17H2,1-4H3. The molecule has 1 rings (SSSR count). The number of likely N-dealkylation sites (N-methyl/N-ethyl adjacent to an activating group) is 1. The second kappa shape index (κ2) is 9.18. The SMILES string of the molecule is CCN(CC)CCN(Cc1cccs1)C(=O)C(C)C(C)N. The summed E-state index contributed by atoms with van der Waals surface area (Å²) in [5.74, 6) is 0.0206. The number of amides is 1. The molecular formula is C16H29N3OS. The number of rotatable bonds is 9. The van der Waals surface area contributed by atoms with Gasteiger partial charge in [0.25, 0.3) is 0 Å². The number of thiophene rings is 1. The van der Waals surface area contributed by atoms with E-state index in [-0.39, 0.29) is 17.9 Å². The van der Waals surface area contributed by atoms with Crippen LogP contribution in [-0.2, 0) is 11.3 Å². The van der Waals surface area contributed by atoms with Gasteiger partial charge in [-0.2, -0.15) is 0 Å². The van der Waals surface area contributed by atoms with Crippen LogP contribution in [0.25, 0.3) is 0 Å². The van der Waals surface area contributed by atoms with E-state index in [1.54, 1.807) is 11.3 Å². The van der Waals surface area contributed by atoms with Gasteiger partial charge in [-0.15, -0.1) is 11.3 Å². The monoisotopic (exact) mass is 311 g/mol. The third-order valence-corrected chi connectivity index (χ3v) is 4.86. The van der Waals surface area contributed by atoms with Crippen molar-refractivity contribution in [3.8, 4) is 0 Å². The normalized spacial score (nSPS) is 14.2. The van der Waals surface area contributed by atoms with E-state index < -0.39 is 0 Å². The molecule has 0 aliphatic carbocycles. The first-order chi connectivity index (χ1) is 9.99. The number of nitrogens with two attached hydrogens (primary N) is 1. The van der Waals surface area contributed by atoms with Crippen LogP contribution in [0.2, 0.25) is 0 Å². The van der Waals surface area contributed by atoms with Crippen LogP contribution in [-0.4, -0.2) is 47.9 Å². The minimum absolute atomic E-state index is 0.114. The quantitative estimate of drug-likeness (QED) is 0.762. The van der Waals surface area contributed by atoms with Gasteiger partial charge in [-0.1, -0.05) is 26.8 Å². The Morgan fingerprint density at radius 1 is 1.29 bits per heavy atom. The first kappa shape index (κ1) is 18.1. The third kappa shape index (κ3) is 5.77. The minimum atomic E-state index is -0.137. The van der Waals surface area contributed by atoms with E-state index in [2.05, 4.69) is 30.2 Å². The Kier molecular flexibility index (Phi) is 7.93. The van der Waals surface area contributed by atoms with Crippen molar-refractivity contribution in [3.63, 3.8) is 0 Å². The smallest absolute Gasteiger partial charge is 0.227 e. The van der Waals surface area contributed by atoms with Crippen LogP contribution in [0, 0.1) is 5.92 Å². The fourth-order valence-corrected chi connectivity index (χ4v) is 2.89. The van der Waals surface area contributed by atoms with Gasteiger partial charge in [0.15, 0.2) is 0 Å². The summed E-state index contributed by atoms with van der Waals surface area (Å²) in [6.45, 7) is 12.5. The Balaban J connectivity index is 2.71. The van der Waals surface area contributed by atoms with Crippen LogP contribution in [0.4, 0.5) is 0 Å². The van der Waals surface area contributed by atoms with Gasteiger partial charge in [-0.05, 0) is 31.5 Å². The zero-order chi connectivity index (χ0) is 15.8. The van der Waals surface area contributed by atoms with Crippen molar-refractivity contribution in [1.29, 1.82) is 0 Å². The first-order valence-corrected chi connectivity index (χ1v) is 8.66. The van der Waals surface area contributed by atoms with Crippen LogP contribution in [0.5, 0.6) is 0 Å². The van der Waals surface area contributed by atoms with Crippen molar-refractivity contribution in [2.75, 3.05) is 26.2 Å². The number of carbonyl (C=O) groups excluding carboxylic acids is 1. The van der Waals surface area contributed by atoms with E-state index in [9.17, 15) is 4.79 Å². The zero-order valence-corrected chi connectivity index (χ0v) is 14.5. The Labute approximate surface area is 132 Å². The molecule has 120 valence electrons. The van der Waals surface area contributed by atoms with Crippen molar-refractivity contribution in [3.05, 3.63) is 22.4 Å². The summed E-state index contributed by atoms with van der Waals surface area (Å²) in [5, 5.41) is 2.05. The molecule has 1 aromatic heterocycles. The third-order valence-electron chi connectivity index (χ3n) is 4.00. The molecule has 4 nitrogen and oxygen atoms in total. The van der Waals surface area contributed by atoms with Crippen LogP contribution in [0.1, 0.15) is 32.6 Å². The predicted molar refractivity (Wildman–Crippen MR) is 90.3 cm³/mol. The number of nitrogens with zero attached hydrogens (tertiary/aromatic N) is 2. The number of hydrogen-bond acceptors (Lipinski definition) is 4. The topological polar surface area (TPSA) is 49.6 Å². The fraction of sp³-hybridized carbons (Fsp3) is 0.688. The highest BCUT2D eigenvalue weighted by atomic mass is 32.1. The Morgan fingerprint density at radius 3 is 2.43 bits per heavy atom. The summed E-state index contributed by atoms with van der Waals surface area (Å²) < 4.78 is 0. The lowest BCUT2D eigenvalue weighted by molar-refractivity contribution is -0.136.